The topological polar surface area (TPSA) is 64.1 Å². The molecular weight excluding hydrogens is 330 g/mol. The van der Waals surface area contributed by atoms with Gasteiger partial charge in [-0.1, -0.05) is 6.42 Å². The average molecular weight is 366 g/mol. The summed E-state index contributed by atoms with van der Waals surface area (Å²) >= 11 is 0. The first-order chi connectivity index (χ1) is 12.3. The molecule has 0 unspecified atom stereocenters. The first-order valence-corrected chi connectivity index (χ1v) is 10.3. The lowest BCUT2D eigenvalue weighted by Crippen LogP contribution is -2.66. The van der Waals surface area contributed by atoms with E-state index in [0.717, 1.165) is 45.2 Å². The molecule has 0 aromatic carbocycles. The predicted octanol–water partition coefficient (Wildman–Crippen LogP) is 1.62. The third-order valence-electron chi connectivity index (χ3n) is 7.03. The molecule has 3 aliphatic rings. The lowest BCUT2D eigenvalue weighted by atomic mass is 9.78. The summed E-state index contributed by atoms with van der Waals surface area (Å²) in [6.07, 6.45) is 6.69. The van der Waals surface area contributed by atoms with Crippen LogP contribution in [0.1, 0.15) is 65.7 Å². The van der Waals surface area contributed by atoms with Gasteiger partial charge >= 0.3 is 0 Å². The molecule has 148 valence electrons. The lowest BCUT2D eigenvalue weighted by molar-refractivity contribution is -0.142. The van der Waals surface area contributed by atoms with Crippen LogP contribution in [0, 0.1) is 0 Å². The Labute approximate surface area is 157 Å². The minimum Gasteiger partial charge on any atom is -0.388 e. The molecule has 0 radical (unpaired) electrons. The smallest absolute Gasteiger partial charge is 0.219 e. The van der Waals surface area contributed by atoms with E-state index >= 15 is 0 Å². The van der Waals surface area contributed by atoms with Crippen molar-refractivity contribution in [3.63, 3.8) is 0 Å². The summed E-state index contributed by atoms with van der Waals surface area (Å²) < 4.78 is 0. The van der Waals surface area contributed by atoms with Gasteiger partial charge in [0.25, 0.3) is 0 Å². The molecule has 1 N–H and O–H groups in total. The van der Waals surface area contributed by atoms with Crippen LogP contribution in [0.2, 0.25) is 0 Å². The van der Waals surface area contributed by atoms with Crippen molar-refractivity contribution in [2.45, 2.75) is 82.9 Å². The molecule has 0 aromatic rings. The van der Waals surface area contributed by atoms with Crippen molar-refractivity contribution >= 4 is 11.8 Å². The Morgan fingerprint density at radius 2 is 1.65 bits per heavy atom. The molecule has 0 bridgehead atoms. The van der Waals surface area contributed by atoms with E-state index in [1.807, 2.05) is 4.90 Å². The molecule has 3 aliphatic heterocycles. The molecule has 6 nitrogen and oxygen atoms in total. The maximum Gasteiger partial charge on any atom is 0.219 e. The van der Waals surface area contributed by atoms with Crippen LogP contribution in [0.3, 0.4) is 0 Å². The highest BCUT2D eigenvalue weighted by atomic mass is 16.3. The predicted molar refractivity (Wildman–Crippen MR) is 101 cm³/mol. The first-order valence-electron chi connectivity index (χ1n) is 10.3. The number of amides is 2. The maximum absolute atomic E-state index is 12.3. The van der Waals surface area contributed by atoms with Crippen LogP contribution in [-0.2, 0) is 9.59 Å². The van der Waals surface area contributed by atoms with E-state index in [1.54, 1.807) is 13.8 Å². The highest BCUT2D eigenvalue weighted by Gasteiger charge is 2.48. The summed E-state index contributed by atoms with van der Waals surface area (Å²) in [4.78, 5) is 30.2. The maximum atomic E-state index is 12.3. The molecule has 2 amide bonds. The number of piperidine rings is 2. The van der Waals surface area contributed by atoms with Crippen LogP contribution in [0.5, 0.6) is 0 Å². The molecule has 6 heteroatoms. The normalized spacial score (nSPS) is 32.7. The molecule has 3 fully saturated rings. The zero-order chi connectivity index (χ0) is 18.9. The lowest BCUT2D eigenvalue weighted by Gasteiger charge is -2.54. The van der Waals surface area contributed by atoms with Gasteiger partial charge in [0.15, 0.2) is 0 Å². The molecule has 3 saturated heterocycles. The number of aliphatic hydroxyl groups is 1. The van der Waals surface area contributed by atoms with E-state index in [0.29, 0.717) is 38.5 Å². The average Bonchev–Trinajstić information content (AvgIpc) is 2.74. The van der Waals surface area contributed by atoms with Gasteiger partial charge in [-0.2, -0.15) is 0 Å². The number of likely N-dealkylation sites (tertiary alicyclic amines) is 3. The molecule has 2 atom stereocenters. The van der Waals surface area contributed by atoms with E-state index in [-0.39, 0.29) is 17.4 Å². The largest absolute Gasteiger partial charge is 0.388 e. The zero-order valence-electron chi connectivity index (χ0n) is 16.7. The van der Waals surface area contributed by atoms with Gasteiger partial charge in [-0.05, 0) is 52.0 Å². The number of carbonyl (C=O) groups excluding carboxylic acids is 2. The Morgan fingerprint density at radius 1 is 0.962 bits per heavy atom. The molecule has 0 aliphatic carbocycles. The standard InChI is InChI=1S/C20H35N3O3/c1-16(24)21-13-9-20(26,10-14-21)15-22-11-6-8-19(3)18(22)7-4-5-12-23(19)17(2)25/h18,26H,4-15H2,1-3H3/t18-,19+/m1/s1. The van der Waals surface area contributed by atoms with Crippen LogP contribution in [-0.4, -0.2) is 81.5 Å². The highest BCUT2D eigenvalue weighted by molar-refractivity contribution is 5.74. The Bertz CT molecular complexity index is 544. The van der Waals surface area contributed by atoms with E-state index in [4.69, 9.17) is 0 Å². The Kier molecular flexibility index (Phi) is 5.63. The quantitative estimate of drug-likeness (QED) is 0.808. The van der Waals surface area contributed by atoms with Gasteiger partial charge < -0.3 is 14.9 Å². The van der Waals surface area contributed by atoms with Crippen LogP contribution >= 0.6 is 0 Å². The second-order valence-electron chi connectivity index (χ2n) is 8.84. The molecule has 26 heavy (non-hydrogen) atoms. The minimum atomic E-state index is -0.725. The van der Waals surface area contributed by atoms with E-state index in [2.05, 4.69) is 16.7 Å². The number of hydrogen-bond acceptors (Lipinski definition) is 4. The monoisotopic (exact) mass is 365 g/mol. The second kappa shape index (κ2) is 7.47. The minimum absolute atomic E-state index is 0.0958. The van der Waals surface area contributed by atoms with Gasteiger partial charge in [0.1, 0.15) is 0 Å². The van der Waals surface area contributed by atoms with Crippen LogP contribution in [0.4, 0.5) is 0 Å². The van der Waals surface area contributed by atoms with Gasteiger partial charge in [-0.15, -0.1) is 0 Å². The van der Waals surface area contributed by atoms with Gasteiger partial charge in [0, 0.05) is 46.1 Å². The van der Waals surface area contributed by atoms with Gasteiger partial charge in [-0.25, -0.2) is 0 Å². The number of nitrogens with zero attached hydrogens (tertiary/aromatic N) is 3. The number of hydrogen-bond donors (Lipinski definition) is 1. The fraction of sp³-hybridized carbons (Fsp3) is 0.900. The molecule has 0 spiro atoms. The van der Waals surface area contributed by atoms with Crippen LogP contribution < -0.4 is 0 Å². The third-order valence-corrected chi connectivity index (χ3v) is 7.03. The summed E-state index contributed by atoms with van der Waals surface area (Å²) in [6, 6.07) is 0.317. The fourth-order valence-electron chi connectivity index (χ4n) is 5.51. The Morgan fingerprint density at radius 3 is 2.27 bits per heavy atom. The van der Waals surface area contributed by atoms with E-state index < -0.39 is 5.60 Å². The number of carbonyl (C=O) groups is 2. The number of fused-ring (bicyclic) bond motifs is 1. The van der Waals surface area contributed by atoms with Crippen molar-refractivity contribution in [3.8, 4) is 0 Å². The number of rotatable bonds is 2. The van der Waals surface area contributed by atoms with Crippen LogP contribution in [0.25, 0.3) is 0 Å². The molecule has 3 rings (SSSR count). The Hall–Kier alpha value is -1.14. The van der Waals surface area contributed by atoms with Gasteiger partial charge in [0.05, 0.1) is 11.1 Å². The highest BCUT2D eigenvalue weighted by Crippen LogP contribution is 2.39. The molecule has 3 heterocycles. The van der Waals surface area contributed by atoms with Gasteiger partial charge in [0.2, 0.25) is 11.8 Å². The first kappa shape index (κ1) is 19.6. The van der Waals surface area contributed by atoms with Crippen molar-refractivity contribution in [2.24, 2.45) is 0 Å². The van der Waals surface area contributed by atoms with Crippen molar-refractivity contribution in [2.75, 3.05) is 32.7 Å². The molecular formula is C20H35N3O3. The summed E-state index contributed by atoms with van der Waals surface area (Å²) in [5, 5.41) is 11.2. The van der Waals surface area contributed by atoms with Crippen molar-refractivity contribution in [1.29, 1.82) is 0 Å². The molecule has 0 saturated carbocycles. The SMILES string of the molecule is CC(=O)N1CCC(O)(CN2CCC[C@@]3(C)[C@H]2CCCCN3C(C)=O)CC1. The van der Waals surface area contributed by atoms with E-state index in [1.165, 1.54) is 0 Å². The van der Waals surface area contributed by atoms with E-state index in [9.17, 15) is 14.7 Å². The van der Waals surface area contributed by atoms with Crippen molar-refractivity contribution in [1.82, 2.24) is 14.7 Å². The third kappa shape index (κ3) is 3.77. The van der Waals surface area contributed by atoms with Gasteiger partial charge in [-0.3, -0.25) is 14.5 Å². The zero-order valence-corrected chi connectivity index (χ0v) is 16.7. The Balaban J connectivity index is 1.74. The summed E-state index contributed by atoms with van der Waals surface area (Å²) in [7, 11) is 0. The van der Waals surface area contributed by atoms with Crippen molar-refractivity contribution in [3.05, 3.63) is 0 Å². The summed E-state index contributed by atoms with van der Waals surface area (Å²) in [6.45, 7) is 9.32. The summed E-state index contributed by atoms with van der Waals surface area (Å²) in [5.74, 6) is 0.271. The summed E-state index contributed by atoms with van der Waals surface area (Å²) in [5.41, 5.74) is -0.853. The fourth-order valence-corrected chi connectivity index (χ4v) is 5.51. The number of β-amino-alcohol motifs (C(OH)–C–C–N with tert-alkyl or cyclic N) is 1. The molecule has 0 aromatic heterocycles. The van der Waals surface area contributed by atoms with Crippen molar-refractivity contribution < 1.29 is 14.7 Å². The second-order valence-corrected chi connectivity index (χ2v) is 8.84. The van der Waals surface area contributed by atoms with Crippen LogP contribution in [0.15, 0.2) is 0 Å².